The van der Waals surface area contributed by atoms with Gasteiger partial charge in [0, 0.05) is 12.6 Å². The maximum Gasteiger partial charge on any atom is 0.198 e. The number of hydrogen-bond donors (Lipinski definition) is 0. The van der Waals surface area contributed by atoms with E-state index in [-0.39, 0.29) is 5.82 Å². The highest BCUT2D eigenvalue weighted by atomic mass is 19.1. The summed E-state index contributed by atoms with van der Waals surface area (Å²) in [5.74, 6) is 0.472. The maximum absolute atomic E-state index is 12.9. The van der Waals surface area contributed by atoms with Crippen LogP contribution in [0, 0.1) is 12.7 Å². The molecule has 0 saturated carbocycles. The SMILES string of the molecule is CC.Cc1cnc2c(n1)nc(-c1ccc(F)cc1)n2C. The van der Waals surface area contributed by atoms with Gasteiger partial charge >= 0.3 is 0 Å². The Labute approximate surface area is 117 Å². The molecule has 3 aromatic rings. The molecule has 0 radical (unpaired) electrons. The van der Waals surface area contributed by atoms with Crippen LogP contribution < -0.4 is 0 Å². The standard InChI is InChI=1S/C13H11FN4.C2H6/c1-8-7-15-13-11(16-8)17-12(18(13)2)9-3-5-10(14)6-4-9;1-2/h3-7H,1-2H3;1-2H3. The molecule has 0 amide bonds. The van der Waals surface area contributed by atoms with E-state index in [0.29, 0.717) is 5.65 Å². The molecule has 0 unspecified atom stereocenters. The van der Waals surface area contributed by atoms with E-state index in [0.717, 1.165) is 22.7 Å². The molecule has 5 heteroatoms. The van der Waals surface area contributed by atoms with Crippen molar-refractivity contribution in [2.45, 2.75) is 20.8 Å². The lowest BCUT2D eigenvalue weighted by Crippen LogP contribution is -1.94. The van der Waals surface area contributed by atoms with E-state index in [4.69, 9.17) is 0 Å². The lowest BCUT2D eigenvalue weighted by Gasteiger charge is -2.01. The van der Waals surface area contributed by atoms with E-state index in [1.807, 2.05) is 32.4 Å². The van der Waals surface area contributed by atoms with Crippen molar-refractivity contribution in [3.63, 3.8) is 0 Å². The van der Waals surface area contributed by atoms with E-state index in [9.17, 15) is 4.39 Å². The van der Waals surface area contributed by atoms with Crippen LogP contribution >= 0.6 is 0 Å². The number of benzene rings is 1. The van der Waals surface area contributed by atoms with Gasteiger partial charge in [0.1, 0.15) is 11.6 Å². The minimum absolute atomic E-state index is 0.260. The molecule has 4 nitrogen and oxygen atoms in total. The Hall–Kier alpha value is -2.30. The molecule has 104 valence electrons. The number of aromatic nitrogens is 4. The van der Waals surface area contributed by atoms with Crippen molar-refractivity contribution in [2.24, 2.45) is 7.05 Å². The van der Waals surface area contributed by atoms with Crippen LogP contribution in [-0.4, -0.2) is 19.5 Å². The molecule has 20 heavy (non-hydrogen) atoms. The van der Waals surface area contributed by atoms with Gasteiger partial charge in [0.15, 0.2) is 11.3 Å². The molecule has 2 aromatic heterocycles. The van der Waals surface area contributed by atoms with E-state index in [1.165, 1.54) is 12.1 Å². The maximum atomic E-state index is 12.9. The summed E-state index contributed by atoms with van der Waals surface area (Å²) in [4.78, 5) is 13.1. The summed E-state index contributed by atoms with van der Waals surface area (Å²) < 4.78 is 14.8. The molecule has 0 bridgehead atoms. The molecule has 0 saturated heterocycles. The van der Waals surface area contributed by atoms with Crippen LogP contribution in [0.4, 0.5) is 4.39 Å². The summed E-state index contributed by atoms with van der Waals surface area (Å²) in [5, 5.41) is 0. The van der Waals surface area contributed by atoms with E-state index >= 15 is 0 Å². The van der Waals surface area contributed by atoms with Crippen LogP contribution in [0.3, 0.4) is 0 Å². The summed E-state index contributed by atoms with van der Waals surface area (Å²) in [6.45, 7) is 5.87. The highest BCUT2D eigenvalue weighted by molar-refractivity contribution is 5.73. The summed E-state index contributed by atoms with van der Waals surface area (Å²) in [6.07, 6.45) is 1.71. The molecule has 0 spiro atoms. The highest BCUT2D eigenvalue weighted by Gasteiger charge is 2.11. The zero-order valence-electron chi connectivity index (χ0n) is 12.1. The fourth-order valence-electron chi connectivity index (χ4n) is 1.90. The van der Waals surface area contributed by atoms with Crippen molar-refractivity contribution in [3.8, 4) is 11.4 Å². The van der Waals surface area contributed by atoms with Gasteiger partial charge in [-0.2, -0.15) is 0 Å². The monoisotopic (exact) mass is 272 g/mol. The molecule has 0 atom stereocenters. The Bertz CT molecular complexity index is 717. The van der Waals surface area contributed by atoms with Crippen molar-refractivity contribution in [3.05, 3.63) is 42.0 Å². The normalized spacial score (nSPS) is 10.2. The van der Waals surface area contributed by atoms with Gasteiger partial charge in [-0.05, 0) is 31.2 Å². The Kier molecular flexibility index (Phi) is 4.08. The molecule has 1 aromatic carbocycles. The first-order valence-corrected chi connectivity index (χ1v) is 6.57. The van der Waals surface area contributed by atoms with Gasteiger partial charge < -0.3 is 4.57 Å². The lowest BCUT2D eigenvalue weighted by molar-refractivity contribution is 0.628. The molecular formula is C15H17FN4. The van der Waals surface area contributed by atoms with Crippen molar-refractivity contribution in [1.82, 2.24) is 19.5 Å². The topological polar surface area (TPSA) is 43.6 Å². The second kappa shape index (κ2) is 5.77. The Balaban J connectivity index is 0.000000704. The molecule has 3 rings (SSSR count). The predicted molar refractivity (Wildman–Crippen MR) is 77.8 cm³/mol. The minimum Gasteiger partial charge on any atom is -0.310 e. The van der Waals surface area contributed by atoms with Crippen molar-refractivity contribution >= 4 is 11.3 Å². The fraction of sp³-hybridized carbons (Fsp3) is 0.267. The van der Waals surface area contributed by atoms with Crippen molar-refractivity contribution in [1.29, 1.82) is 0 Å². The third-order valence-electron chi connectivity index (χ3n) is 2.81. The fourth-order valence-corrected chi connectivity index (χ4v) is 1.90. The molecular weight excluding hydrogens is 255 g/mol. The quantitative estimate of drug-likeness (QED) is 0.681. The van der Waals surface area contributed by atoms with Crippen LogP contribution in [0.2, 0.25) is 0 Å². The molecule has 2 heterocycles. The number of halogens is 1. The number of imidazole rings is 1. The smallest absolute Gasteiger partial charge is 0.198 e. The average Bonchev–Trinajstić information content (AvgIpc) is 2.78. The number of rotatable bonds is 1. The second-order valence-electron chi connectivity index (χ2n) is 4.16. The van der Waals surface area contributed by atoms with Gasteiger partial charge in [-0.1, -0.05) is 13.8 Å². The van der Waals surface area contributed by atoms with Gasteiger partial charge in [-0.15, -0.1) is 0 Å². The Morgan fingerprint density at radius 1 is 1.05 bits per heavy atom. The van der Waals surface area contributed by atoms with E-state index < -0.39 is 0 Å². The first kappa shape index (κ1) is 14.1. The van der Waals surface area contributed by atoms with Gasteiger partial charge in [-0.25, -0.2) is 19.3 Å². The zero-order valence-corrected chi connectivity index (χ0v) is 12.1. The summed E-state index contributed by atoms with van der Waals surface area (Å²) in [5.41, 5.74) is 3.00. The minimum atomic E-state index is -0.260. The van der Waals surface area contributed by atoms with Crippen LogP contribution in [0.15, 0.2) is 30.5 Å². The van der Waals surface area contributed by atoms with Gasteiger partial charge in [0.05, 0.1) is 11.9 Å². The second-order valence-corrected chi connectivity index (χ2v) is 4.16. The van der Waals surface area contributed by atoms with Crippen LogP contribution in [0.5, 0.6) is 0 Å². The summed E-state index contributed by atoms with van der Waals surface area (Å²) in [7, 11) is 1.87. The van der Waals surface area contributed by atoms with Crippen LogP contribution in [0.1, 0.15) is 19.5 Å². The Morgan fingerprint density at radius 3 is 2.35 bits per heavy atom. The third kappa shape index (κ3) is 2.52. The first-order valence-electron chi connectivity index (χ1n) is 6.57. The Morgan fingerprint density at radius 2 is 1.70 bits per heavy atom. The molecule has 0 aliphatic rings. The van der Waals surface area contributed by atoms with Crippen LogP contribution in [-0.2, 0) is 7.05 Å². The summed E-state index contributed by atoms with van der Waals surface area (Å²) in [6, 6.07) is 6.23. The number of nitrogens with zero attached hydrogens (tertiary/aromatic N) is 4. The lowest BCUT2D eigenvalue weighted by atomic mass is 10.2. The van der Waals surface area contributed by atoms with Gasteiger partial charge in [0.2, 0.25) is 0 Å². The molecule has 0 fully saturated rings. The molecule has 0 aliphatic carbocycles. The molecule has 0 N–H and O–H groups in total. The predicted octanol–water partition coefficient (Wildman–Crippen LogP) is 3.50. The number of hydrogen-bond acceptors (Lipinski definition) is 3. The summed E-state index contributed by atoms with van der Waals surface area (Å²) >= 11 is 0. The van der Waals surface area contributed by atoms with E-state index in [1.54, 1.807) is 18.3 Å². The van der Waals surface area contributed by atoms with Crippen molar-refractivity contribution < 1.29 is 4.39 Å². The highest BCUT2D eigenvalue weighted by Crippen LogP contribution is 2.21. The third-order valence-corrected chi connectivity index (χ3v) is 2.81. The zero-order chi connectivity index (χ0) is 14.7. The largest absolute Gasteiger partial charge is 0.310 e. The number of aryl methyl sites for hydroxylation is 2. The van der Waals surface area contributed by atoms with E-state index in [2.05, 4.69) is 15.0 Å². The van der Waals surface area contributed by atoms with Gasteiger partial charge in [0.25, 0.3) is 0 Å². The average molecular weight is 272 g/mol. The van der Waals surface area contributed by atoms with Gasteiger partial charge in [-0.3, -0.25) is 0 Å². The number of fused-ring (bicyclic) bond motifs is 1. The first-order chi connectivity index (χ1) is 9.65. The van der Waals surface area contributed by atoms with Crippen LogP contribution in [0.25, 0.3) is 22.7 Å². The van der Waals surface area contributed by atoms with Crippen molar-refractivity contribution in [2.75, 3.05) is 0 Å². The molecule has 0 aliphatic heterocycles.